The van der Waals surface area contributed by atoms with Crippen LogP contribution in [0.3, 0.4) is 0 Å². The molecule has 8 heteroatoms. The predicted molar refractivity (Wildman–Crippen MR) is 95.7 cm³/mol. The number of aromatic nitrogens is 3. The van der Waals surface area contributed by atoms with E-state index in [2.05, 4.69) is 15.5 Å². The van der Waals surface area contributed by atoms with Crippen LogP contribution >= 0.6 is 0 Å². The van der Waals surface area contributed by atoms with Gasteiger partial charge in [-0.25, -0.2) is 4.79 Å². The number of carbonyl (C=O) groups excluding carboxylic acids is 1. The lowest BCUT2D eigenvalue weighted by molar-refractivity contribution is 0.171. The lowest BCUT2D eigenvalue weighted by Gasteiger charge is -2.32. The Labute approximate surface area is 145 Å². The summed E-state index contributed by atoms with van der Waals surface area (Å²) >= 11 is 0. The first-order valence-electron chi connectivity index (χ1n) is 8.24. The largest absolute Gasteiger partial charge is 0.484 e. The van der Waals surface area contributed by atoms with Gasteiger partial charge < -0.3 is 15.8 Å². The third kappa shape index (κ3) is 2.91. The normalized spacial score (nSPS) is 19.4. The second-order valence-corrected chi connectivity index (χ2v) is 6.21. The first-order valence-corrected chi connectivity index (χ1v) is 8.24. The van der Waals surface area contributed by atoms with E-state index in [-0.39, 0.29) is 12.1 Å². The molecule has 0 aliphatic heterocycles. The maximum absolute atomic E-state index is 11.2. The number of hydrogen-bond donors (Lipinski definition) is 2. The molecule has 1 aromatic carbocycles. The van der Waals surface area contributed by atoms with Crippen LogP contribution in [0.1, 0.15) is 36.1 Å². The summed E-state index contributed by atoms with van der Waals surface area (Å²) in [5.74, 6) is 0.761. The van der Waals surface area contributed by atoms with Gasteiger partial charge in [0.2, 0.25) is 0 Å². The second-order valence-electron chi connectivity index (χ2n) is 6.21. The molecular formula is C17H18BN5O2. The van der Waals surface area contributed by atoms with Crippen LogP contribution in [0.15, 0.2) is 42.6 Å². The van der Waals surface area contributed by atoms with E-state index >= 15 is 0 Å². The standard InChI is InChI=1S/C17H18BN5O2/c18-16-22-21-15-8-5-10(9-23(15)16)25-14-7-6-13(20-17(19)24)11-3-1-2-4-12(11)14/h1-5,8-9,13-14H,6-7,18H2,(H3,19,20,24). The van der Waals surface area contributed by atoms with Gasteiger partial charge >= 0.3 is 6.03 Å². The van der Waals surface area contributed by atoms with Gasteiger partial charge in [0, 0.05) is 0 Å². The molecule has 1 aliphatic carbocycles. The highest BCUT2D eigenvalue weighted by atomic mass is 16.5. The maximum Gasteiger partial charge on any atom is 0.312 e. The van der Waals surface area contributed by atoms with E-state index in [0.717, 1.165) is 41.1 Å². The summed E-state index contributed by atoms with van der Waals surface area (Å²) < 4.78 is 8.15. The molecule has 0 radical (unpaired) electrons. The number of hydrogen-bond acceptors (Lipinski definition) is 4. The van der Waals surface area contributed by atoms with Crippen molar-refractivity contribution in [1.82, 2.24) is 19.9 Å². The third-order valence-electron chi connectivity index (χ3n) is 4.58. The molecule has 2 atom stereocenters. The van der Waals surface area contributed by atoms with Crippen molar-refractivity contribution < 1.29 is 9.53 Å². The highest BCUT2D eigenvalue weighted by Crippen LogP contribution is 2.38. The van der Waals surface area contributed by atoms with Crippen molar-refractivity contribution in [3.63, 3.8) is 0 Å². The number of pyridine rings is 1. The van der Waals surface area contributed by atoms with Crippen LogP contribution in [0.5, 0.6) is 5.75 Å². The number of nitrogens with two attached hydrogens (primary N) is 1. The Bertz CT molecular complexity index is 942. The topological polar surface area (TPSA) is 94.5 Å². The van der Waals surface area contributed by atoms with Crippen molar-refractivity contribution in [2.75, 3.05) is 0 Å². The number of fused-ring (bicyclic) bond motifs is 2. The van der Waals surface area contributed by atoms with Crippen molar-refractivity contribution in [2.24, 2.45) is 5.73 Å². The van der Waals surface area contributed by atoms with E-state index in [1.165, 1.54) is 0 Å². The van der Waals surface area contributed by atoms with E-state index in [0.29, 0.717) is 0 Å². The Kier molecular flexibility index (Phi) is 3.80. The Balaban J connectivity index is 1.63. The molecule has 2 aromatic heterocycles. The summed E-state index contributed by atoms with van der Waals surface area (Å²) in [5, 5.41) is 11.0. The van der Waals surface area contributed by atoms with E-state index < -0.39 is 6.03 Å². The molecule has 1 aliphatic rings. The van der Waals surface area contributed by atoms with Crippen molar-refractivity contribution in [1.29, 1.82) is 0 Å². The molecule has 0 saturated heterocycles. The molecule has 0 saturated carbocycles. The number of nitrogens with zero attached hydrogens (tertiary/aromatic N) is 3. The molecule has 25 heavy (non-hydrogen) atoms. The minimum Gasteiger partial charge on any atom is -0.484 e. The Hall–Kier alpha value is -3.03. The molecule has 7 nitrogen and oxygen atoms in total. The molecule has 0 fully saturated rings. The Morgan fingerprint density at radius 1 is 1.20 bits per heavy atom. The molecular weight excluding hydrogens is 317 g/mol. The van der Waals surface area contributed by atoms with Crippen LogP contribution in [0.4, 0.5) is 4.79 Å². The first kappa shape index (κ1) is 15.5. The minimum atomic E-state index is -0.507. The van der Waals surface area contributed by atoms with Crippen LogP contribution in [-0.2, 0) is 0 Å². The number of carbonyl (C=O) groups is 1. The number of amides is 2. The monoisotopic (exact) mass is 335 g/mol. The lowest BCUT2D eigenvalue weighted by atomic mass is 9.85. The number of primary amides is 1. The summed E-state index contributed by atoms with van der Waals surface area (Å²) in [4.78, 5) is 11.2. The number of ether oxygens (including phenoxy) is 1. The molecule has 2 amide bonds. The summed E-state index contributed by atoms with van der Waals surface area (Å²) in [5.41, 5.74) is 9.04. The quantitative estimate of drug-likeness (QED) is 0.686. The lowest BCUT2D eigenvalue weighted by Crippen LogP contribution is -2.36. The Morgan fingerprint density at radius 3 is 2.80 bits per heavy atom. The Morgan fingerprint density at radius 2 is 2.00 bits per heavy atom. The molecule has 3 N–H and O–H groups in total. The van der Waals surface area contributed by atoms with Gasteiger partial charge in [0.05, 0.1) is 18.0 Å². The summed E-state index contributed by atoms with van der Waals surface area (Å²) in [7, 11) is 1.90. The second kappa shape index (κ2) is 6.12. The van der Waals surface area contributed by atoms with E-state index in [9.17, 15) is 4.79 Å². The van der Waals surface area contributed by atoms with Gasteiger partial charge in [-0.2, -0.15) is 0 Å². The average Bonchev–Trinajstić information content (AvgIpc) is 2.97. The zero-order chi connectivity index (χ0) is 17.4. The van der Waals surface area contributed by atoms with Crippen LogP contribution < -0.4 is 21.5 Å². The van der Waals surface area contributed by atoms with Gasteiger partial charge in [0.1, 0.15) is 11.9 Å². The van der Waals surface area contributed by atoms with Crippen LogP contribution in [0, 0.1) is 0 Å². The van der Waals surface area contributed by atoms with E-state index in [1.54, 1.807) is 0 Å². The smallest absolute Gasteiger partial charge is 0.312 e. The zero-order valence-electron chi connectivity index (χ0n) is 13.8. The summed E-state index contributed by atoms with van der Waals surface area (Å²) in [6.07, 6.45) is 3.40. The fourth-order valence-corrected chi connectivity index (χ4v) is 3.41. The van der Waals surface area contributed by atoms with Crippen LogP contribution in [0.2, 0.25) is 0 Å². The highest BCUT2D eigenvalue weighted by molar-refractivity contribution is 6.29. The van der Waals surface area contributed by atoms with Crippen LogP contribution in [-0.4, -0.2) is 28.5 Å². The fourth-order valence-electron chi connectivity index (χ4n) is 3.41. The molecule has 0 spiro atoms. The summed E-state index contributed by atoms with van der Waals surface area (Å²) in [6, 6.07) is 11.2. The SMILES string of the molecule is Bc1nnc2ccc(OC3CCC(NC(N)=O)c4ccccc43)cn12. The van der Waals surface area contributed by atoms with Gasteiger partial charge in [0.15, 0.2) is 13.5 Å². The van der Waals surface area contributed by atoms with Gasteiger partial charge in [-0.1, -0.05) is 24.3 Å². The maximum atomic E-state index is 11.2. The van der Waals surface area contributed by atoms with E-state index in [1.807, 2.05) is 54.8 Å². The number of rotatable bonds is 3. The van der Waals surface area contributed by atoms with Crippen molar-refractivity contribution in [3.8, 4) is 5.75 Å². The molecule has 0 bridgehead atoms. The van der Waals surface area contributed by atoms with Gasteiger partial charge in [-0.05, 0) is 36.1 Å². The predicted octanol–water partition coefficient (Wildman–Crippen LogP) is 0.611. The number of benzene rings is 1. The van der Waals surface area contributed by atoms with Gasteiger partial charge in [-0.15, -0.1) is 10.2 Å². The van der Waals surface area contributed by atoms with E-state index in [4.69, 9.17) is 10.5 Å². The fraction of sp³-hybridized carbons (Fsp3) is 0.235. The van der Waals surface area contributed by atoms with Crippen molar-refractivity contribution >= 4 is 25.2 Å². The molecule has 2 heterocycles. The number of nitrogens with one attached hydrogen (secondary N) is 1. The van der Waals surface area contributed by atoms with Gasteiger partial charge in [-0.3, -0.25) is 4.40 Å². The molecule has 126 valence electrons. The molecule has 3 aromatic rings. The first-order chi connectivity index (χ1) is 12.1. The van der Waals surface area contributed by atoms with Crippen molar-refractivity contribution in [3.05, 3.63) is 53.7 Å². The molecule has 2 unspecified atom stereocenters. The minimum absolute atomic E-state index is 0.0728. The third-order valence-corrected chi connectivity index (χ3v) is 4.58. The number of urea groups is 1. The average molecular weight is 335 g/mol. The molecule has 4 rings (SSSR count). The summed E-state index contributed by atoms with van der Waals surface area (Å²) in [6.45, 7) is 0. The van der Waals surface area contributed by atoms with Gasteiger partial charge in [0.25, 0.3) is 0 Å². The highest BCUT2D eigenvalue weighted by Gasteiger charge is 2.28. The van der Waals surface area contributed by atoms with Crippen molar-refractivity contribution in [2.45, 2.75) is 25.0 Å². The zero-order valence-corrected chi connectivity index (χ0v) is 13.8. The van der Waals surface area contributed by atoms with Crippen LogP contribution in [0.25, 0.3) is 5.65 Å².